The molecule has 0 fully saturated rings. The van der Waals surface area contributed by atoms with E-state index in [2.05, 4.69) is 0 Å². The van der Waals surface area contributed by atoms with Crippen LogP contribution in [0.1, 0.15) is 5.56 Å². The van der Waals surface area contributed by atoms with Crippen LogP contribution in [0.3, 0.4) is 0 Å². The average Bonchev–Trinajstić information content (AvgIpc) is 2.21. The molecule has 0 aliphatic rings. The number of nitrogen functional groups attached to an aromatic ring is 1. The van der Waals surface area contributed by atoms with Gasteiger partial charge < -0.3 is 15.2 Å². The molecule has 0 radical (unpaired) electrons. The summed E-state index contributed by atoms with van der Waals surface area (Å²) in [5, 5.41) is 0. The maximum Gasteiger partial charge on any atom is 0.0700 e. The Balaban J connectivity index is 2.15. The highest BCUT2D eigenvalue weighted by atomic mass is 16.5. The van der Waals surface area contributed by atoms with Crippen LogP contribution in [-0.4, -0.2) is 26.9 Å². The zero-order valence-corrected chi connectivity index (χ0v) is 8.53. The summed E-state index contributed by atoms with van der Waals surface area (Å²) in [6.07, 6.45) is 0.921. The molecule has 1 rings (SSSR count). The van der Waals surface area contributed by atoms with E-state index in [9.17, 15) is 0 Å². The first-order chi connectivity index (χ1) is 6.83. The lowest BCUT2D eigenvalue weighted by Crippen LogP contribution is -2.04. The minimum atomic E-state index is 0.655. The van der Waals surface area contributed by atoms with Crippen LogP contribution in [0.4, 0.5) is 5.69 Å². The van der Waals surface area contributed by atoms with E-state index >= 15 is 0 Å². The van der Waals surface area contributed by atoms with Crippen LogP contribution in [0.25, 0.3) is 0 Å². The Hall–Kier alpha value is -1.06. The molecule has 0 aromatic heterocycles. The number of rotatable bonds is 6. The van der Waals surface area contributed by atoms with Gasteiger partial charge in [0.15, 0.2) is 0 Å². The molecule has 3 heteroatoms. The molecule has 14 heavy (non-hydrogen) atoms. The van der Waals surface area contributed by atoms with Gasteiger partial charge in [-0.1, -0.05) is 12.1 Å². The lowest BCUT2D eigenvalue weighted by Gasteiger charge is -2.03. The van der Waals surface area contributed by atoms with Crippen molar-refractivity contribution < 1.29 is 9.47 Å². The first kappa shape index (κ1) is 11.0. The Bertz CT molecular complexity index is 246. The zero-order chi connectivity index (χ0) is 10.2. The smallest absolute Gasteiger partial charge is 0.0700 e. The summed E-state index contributed by atoms with van der Waals surface area (Å²) >= 11 is 0. The first-order valence-electron chi connectivity index (χ1n) is 4.74. The quantitative estimate of drug-likeness (QED) is 0.552. The van der Waals surface area contributed by atoms with Crippen molar-refractivity contribution in [3.63, 3.8) is 0 Å². The Labute approximate surface area is 84.8 Å². The number of hydrogen-bond acceptors (Lipinski definition) is 3. The SMILES string of the molecule is COCCOCCc1ccc(N)cc1. The predicted octanol–water partition coefficient (Wildman–Crippen LogP) is 1.47. The molecule has 1 aromatic rings. The maximum absolute atomic E-state index is 5.57. The second-order valence-electron chi connectivity index (χ2n) is 3.10. The third kappa shape index (κ3) is 4.25. The molecule has 3 nitrogen and oxygen atoms in total. The van der Waals surface area contributed by atoms with Gasteiger partial charge in [-0.3, -0.25) is 0 Å². The van der Waals surface area contributed by atoms with Gasteiger partial charge in [0.2, 0.25) is 0 Å². The van der Waals surface area contributed by atoms with Gasteiger partial charge >= 0.3 is 0 Å². The van der Waals surface area contributed by atoms with Crippen molar-refractivity contribution >= 4 is 5.69 Å². The van der Waals surface area contributed by atoms with Crippen molar-refractivity contribution in [3.05, 3.63) is 29.8 Å². The van der Waals surface area contributed by atoms with E-state index in [1.54, 1.807) is 7.11 Å². The second kappa shape index (κ2) is 6.40. The molecule has 0 aliphatic heterocycles. The van der Waals surface area contributed by atoms with Gasteiger partial charge in [-0.05, 0) is 24.1 Å². The van der Waals surface area contributed by atoms with Crippen molar-refractivity contribution in [2.24, 2.45) is 0 Å². The maximum atomic E-state index is 5.57. The molecule has 0 unspecified atom stereocenters. The summed E-state index contributed by atoms with van der Waals surface area (Å²) < 4.78 is 10.2. The number of hydrogen-bond donors (Lipinski definition) is 1. The van der Waals surface area contributed by atoms with Crippen LogP contribution in [0.5, 0.6) is 0 Å². The van der Waals surface area contributed by atoms with E-state index in [4.69, 9.17) is 15.2 Å². The highest BCUT2D eigenvalue weighted by molar-refractivity contribution is 5.39. The van der Waals surface area contributed by atoms with Crippen molar-refractivity contribution in [1.29, 1.82) is 0 Å². The van der Waals surface area contributed by atoms with Crippen molar-refractivity contribution in [2.75, 3.05) is 32.7 Å². The summed E-state index contributed by atoms with van der Waals surface area (Å²) in [5.41, 5.74) is 7.62. The Morgan fingerprint density at radius 1 is 1.07 bits per heavy atom. The van der Waals surface area contributed by atoms with Gasteiger partial charge in [0.05, 0.1) is 19.8 Å². The molecule has 0 amide bonds. The molecule has 0 atom stereocenters. The summed E-state index contributed by atoms with van der Waals surface area (Å²) in [5.74, 6) is 0. The number of ether oxygens (including phenoxy) is 2. The van der Waals surface area contributed by atoms with Gasteiger partial charge in [-0.2, -0.15) is 0 Å². The van der Waals surface area contributed by atoms with E-state index in [0.29, 0.717) is 13.2 Å². The Kier molecular flexibility index (Phi) is 5.04. The Morgan fingerprint density at radius 3 is 2.43 bits per heavy atom. The molecule has 0 aliphatic carbocycles. The molecule has 0 heterocycles. The van der Waals surface area contributed by atoms with Gasteiger partial charge in [0, 0.05) is 12.8 Å². The lowest BCUT2D eigenvalue weighted by molar-refractivity contribution is 0.0722. The van der Waals surface area contributed by atoms with Gasteiger partial charge in [0.1, 0.15) is 0 Å². The summed E-state index contributed by atoms with van der Waals surface area (Å²) in [7, 11) is 1.67. The topological polar surface area (TPSA) is 44.5 Å². The van der Waals surface area contributed by atoms with Crippen LogP contribution in [0, 0.1) is 0 Å². The Morgan fingerprint density at radius 2 is 1.79 bits per heavy atom. The number of methoxy groups -OCH3 is 1. The van der Waals surface area contributed by atoms with Gasteiger partial charge in [-0.15, -0.1) is 0 Å². The molecule has 2 N–H and O–H groups in total. The molecular weight excluding hydrogens is 178 g/mol. The highest BCUT2D eigenvalue weighted by Crippen LogP contribution is 2.05. The van der Waals surface area contributed by atoms with Crippen LogP contribution in [-0.2, 0) is 15.9 Å². The number of anilines is 1. The van der Waals surface area contributed by atoms with Crippen LogP contribution in [0.15, 0.2) is 24.3 Å². The van der Waals surface area contributed by atoms with Gasteiger partial charge in [0.25, 0.3) is 0 Å². The molecule has 0 bridgehead atoms. The van der Waals surface area contributed by atoms with E-state index in [1.807, 2.05) is 24.3 Å². The average molecular weight is 195 g/mol. The summed E-state index contributed by atoms with van der Waals surface area (Å²) in [6, 6.07) is 7.86. The fourth-order valence-corrected chi connectivity index (χ4v) is 1.12. The fraction of sp³-hybridized carbons (Fsp3) is 0.455. The zero-order valence-electron chi connectivity index (χ0n) is 8.53. The van der Waals surface area contributed by atoms with E-state index in [0.717, 1.165) is 18.7 Å². The van der Waals surface area contributed by atoms with Crippen LogP contribution >= 0.6 is 0 Å². The van der Waals surface area contributed by atoms with E-state index < -0.39 is 0 Å². The first-order valence-corrected chi connectivity index (χ1v) is 4.74. The van der Waals surface area contributed by atoms with Crippen LogP contribution in [0.2, 0.25) is 0 Å². The largest absolute Gasteiger partial charge is 0.399 e. The van der Waals surface area contributed by atoms with Gasteiger partial charge in [-0.25, -0.2) is 0 Å². The minimum Gasteiger partial charge on any atom is -0.399 e. The predicted molar refractivity (Wildman–Crippen MR) is 57.3 cm³/mol. The van der Waals surface area contributed by atoms with E-state index in [-0.39, 0.29) is 0 Å². The summed E-state index contributed by atoms with van der Waals surface area (Å²) in [4.78, 5) is 0. The number of nitrogens with two attached hydrogens (primary N) is 1. The lowest BCUT2D eigenvalue weighted by atomic mass is 10.1. The molecule has 0 saturated heterocycles. The van der Waals surface area contributed by atoms with Crippen molar-refractivity contribution in [3.8, 4) is 0 Å². The minimum absolute atomic E-state index is 0.655. The second-order valence-corrected chi connectivity index (χ2v) is 3.10. The van der Waals surface area contributed by atoms with Crippen molar-refractivity contribution in [2.45, 2.75) is 6.42 Å². The monoisotopic (exact) mass is 195 g/mol. The molecule has 0 spiro atoms. The molecular formula is C11H17NO2. The third-order valence-electron chi connectivity index (χ3n) is 1.95. The van der Waals surface area contributed by atoms with Crippen LogP contribution < -0.4 is 5.73 Å². The summed E-state index contributed by atoms with van der Waals surface area (Å²) in [6.45, 7) is 2.04. The standard InChI is InChI=1S/C11H17NO2/c1-13-8-9-14-7-6-10-2-4-11(12)5-3-10/h2-5H,6-9,12H2,1H3. The highest BCUT2D eigenvalue weighted by Gasteiger charge is 1.93. The third-order valence-corrected chi connectivity index (χ3v) is 1.95. The normalized spacial score (nSPS) is 10.4. The molecule has 78 valence electrons. The number of benzene rings is 1. The van der Waals surface area contributed by atoms with E-state index in [1.165, 1.54) is 5.56 Å². The van der Waals surface area contributed by atoms with Crippen molar-refractivity contribution in [1.82, 2.24) is 0 Å². The molecule has 1 aromatic carbocycles. The molecule has 0 saturated carbocycles. The fourth-order valence-electron chi connectivity index (χ4n) is 1.12.